The number of benzene rings is 1. The van der Waals surface area contributed by atoms with Gasteiger partial charge in [-0.3, -0.25) is 0 Å². The first-order valence-corrected chi connectivity index (χ1v) is 4.71. The molecule has 17 heavy (non-hydrogen) atoms. The standard InChI is InChI=1S/C10H11F3N2O2/c1-7-2-4-8(5-3-7)6-14-15-17-9(16)10(11,12)13/h2-5,14-15H,6H2,1H3. The van der Waals surface area contributed by atoms with E-state index in [1.807, 2.05) is 19.1 Å². The van der Waals surface area contributed by atoms with E-state index in [0.29, 0.717) is 0 Å². The van der Waals surface area contributed by atoms with Crippen molar-refractivity contribution in [1.29, 1.82) is 0 Å². The molecular weight excluding hydrogens is 237 g/mol. The lowest BCUT2D eigenvalue weighted by Gasteiger charge is -2.08. The predicted molar refractivity (Wildman–Crippen MR) is 53.3 cm³/mol. The van der Waals surface area contributed by atoms with E-state index >= 15 is 0 Å². The van der Waals surface area contributed by atoms with Crippen LogP contribution in [0.5, 0.6) is 0 Å². The zero-order valence-electron chi connectivity index (χ0n) is 8.97. The van der Waals surface area contributed by atoms with Crippen molar-refractivity contribution in [1.82, 2.24) is 11.0 Å². The van der Waals surface area contributed by atoms with E-state index < -0.39 is 12.1 Å². The van der Waals surface area contributed by atoms with E-state index in [1.165, 1.54) is 0 Å². The monoisotopic (exact) mass is 248 g/mol. The van der Waals surface area contributed by atoms with Crippen LogP contribution in [0.4, 0.5) is 13.2 Å². The van der Waals surface area contributed by atoms with Gasteiger partial charge in [0, 0.05) is 6.54 Å². The molecule has 2 N–H and O–H groups in total. The quantitative estimate of drug-likeness (QED) is 0.628. The summed E-state index contributed by atoms with van der Waals surface area (Å²) in [5, 5.41) is 0. The summed E-state index contributed by atoms with van der Waals surface area (Å²) in [6, 6.07) is 7.32. The summed E-state index contributed by atoms with van der Waals surface area (Å²) < 4.78 is 35.1. The van der Waals surface area contributed by atoms with Gasteiger partial charge in [-0.1, -0.05) is 35.4 Å². The van der Waals surface area contributed by atoms with Gasteiger partial charge in [-0.2, -0.15) is 13.2 Å². The zero-order chi connectivity index (χ0) is 12.9. The molecule has 0 saturated heterocycles. The van der Waals surface area contributed by atoms with Crippen LogP contribution in [0.1, 0.15) is 11.1 Å². The molecule has 0 fully saturated rings. The van der Waals surface area contributed by atoms with Crippen LogP contribution in [-0.4, -0.2) is 12.1 Å². The Bertz CT molecular complexity index is 376. The van der Waals surface area contributed by atoms with Crippen molar-refractivity contribution >= 4 is 5.97 Å². The van der Waals surface area contributed by atoms with Crippen LogP contribution in [0.25, 0.3) is 0 Å². The second-order valence-electron chi connectivity index (χ2n) is 3.33. The number of carbonyl (C=O) groups is 1. The molecule has 0 aliphatic rings. The Labute approximate surface area is 95.7 Å². The molecule has 1 aromatic carbocycles. The molecule has 0 radical (unpaired) electrons. The highest BCUT2D eigenvalue weighted by atomic mass is 19.4. The fraction of sp³-hybridized carbons (Fsp3) is 0.300. The summed E-state index contributed by atoms with van der Waals surface area (Å²) in [7, 11) is 0. The second-order valence-corrected chi connectivity index (χ2v) is 3.33. The molecule has 4 nitrogen and oxygen atoms in total. The van der Waals surface area contributed by atoms with Crippen LogP contribution >= 0.6 is 0 Å². The average molecular weight is 248 g/mol. The Morgan fingerprint density at radius 2 is 1.88 bits per heavy atom. The highest BCUT2D eigenvalue weighted by molar-refractivity contribution is 5.75. The van der Waals surface area contributed by atoms with Gasteiger partial charge in [0.2, 0.25) is 0 Å². The molecule has 0 heterocycles. The van der Waals surface area contributed by atoms with Gasteiger partial charge >= 0.3 is 12.1 Å². The number of carbonyl (C=O) groups excluding carboxylic acids is 1. The smallest absolute Gasteiger partial charge is 0.348 e. The summed E-state index contributed by atoms with van der Waals surface area (Å²) in [4.78, 5) is 14.0. The average Bonchev–Trinajstić information content (AvgIpc) is 2.25. The molecule has 94 valence electrons. The van der Waals surface area contributed by atoms with E-state index in [4.69, 9.17) is 0 Å². The minimum Gasteiger partial charge on any atom is -0.348 e. The Morgan fingerprint density at radius 1 is 1.29 bits per heavy atom. The maximum Gasteiger partial charge on any atom is 0.492 e. The zero-order valence-corrected chi connectivity index (χ0v) is 8.97. The third-order valence-electron chi connectivity index (χ3n) is 1.86. The van der Waals surface area contributed by atoms with E-state index in [1.54, 1.807) is 17.7 Å². The van der Waals surface area contributed by atoms with Crippen molar-refractivity contribution in [3.8, 4) is 0 Å². The molecular formula is C10H11F3N2O2. The molecule has 0 atom stereocenters. The molecule has 7 heteroatoms. The van der Waals surface area contributed by atoms with Crippen molar-refractivity contribution in [2.45, 2.75) is 19.6 Å². The highest BCUT2D eigenvalue weighted by Crippen LogP contribution is 2.15. The molecule has 0 amide bonds. The SMILES string of the molecule is Cc1ccc(CNNOC(=O)C(F)(F)F)cc1. The number of nitrogens with one attached hydrogen (secondary N) is 2. The molecule has 1 aromatic rings. The lowest BCUT2D eigenvalue weighted by Crippen LogP contribution is -2.38. The molecule has 0 saturated carbocycles. The summed E-state index contributed by atoms with van der Waals surface area (Å²) >= 11 is 0. The first-order valence-electron chi connectivity index (χ1n) is 4.71. The van der Waals surface area contributed by atoms with E-state index in [9.17, 15) is 18.0 Å². The van der Waals surface area contributed by atoms with Crippen LogP contribution < -0.4 is 11.0 Å². The third kappa shape index (κ3) is 4.83. The van der Waals surface area contributed by atoms with Gasteiger partial charge in [-0.05, 0) is 12.5 Å². The molecule has 0 unspecified atom stereocenters. The maximum atomic E-state index is 11.7. The topological polar surface area (TPSA) is 50.4 Å². The molecule has 0 aliphatic heterocycles. The minimum atomic E-state index is -5.00. The van der Waals surface area contributed by atoms with Crippen molar-refractivity contribution in [3.05, 3.63) is 35.4 Å². The van der Waals surface area contributed by atoms with Crippen molar-refractivity contribution < 1.29 is 22.8 Å². The van der Waals surface area contributed by atoms with Crippen molar-refractivity contribution in [3.63, 3.8) is 0 Å². The number of alkyl halides is 3. The molecule has 0 aromatic heterocycles. The normalized spacial score (nSPS) is 11.3. The number of aryl methyl sites for hydroxylation is 1. The Morgan fingerprint density at radius 3 is 2.41 bits per heavy atom. The van der Waals surface area contributed by atoms with Gasteiger partial charge in [-0.25, -0.2) is 10.2 Å². The van der Waals surface area contributed by atoms with Crippen LogP contribution in [0, 0.1) is 6.92 Å². The van der Waals surface area contributed by atoms with Gasteiger partial charge in [-0.15, -0.1) is 0 Å². The number of hydrogen-bond acceptors (Lipinski definition) is 4. The van der Waals surface area contributed by atoms with Gasteiger partial charge in [0.25, 0.3) is 0 Å². The number of hydrogen-bond donors (Lipinski definition) is 2. The molecule has 0 spiro atoms. The van der Waals surface area contributed by atoms with Gasteiger partial charge in [0.15, 0.2) is 0 Å². The Hall–Kier alpha value is -1.60. The largest absolute Gasteiger partial charge is 0.492 e. The van der Waals surface area contributed by atoms with Crippen LogP contribution in [0.3, 0.4) is 0 Å². The number of rotatable bonds is 4. The fourth-order valence-corrected chi connectivity index (χ4v) is 0.984. The van der Waals surface area contributed by atoms with Crippen LogP contribution in [0.15, 0.2) is 24.3 Å². The van der Waals surface area contributed by atoms with Gasteiger partial charge < -0.3 is 4.84 Å². The van der Waals surface area contributed by atoms with Gasteiger partial charge in [0.1, 0.15) is 0 Å². The highest BCUT2D eigenvalue weighted by Gasteiger charge is 2.41. The second kappa shape index (κ2) is 5.65. The van der Waals surface area contributed by atoms with Crippen LogP contribution in [0.2, 0.25) is 0 Å². The summed E-state index contributed by atoms with van der Waals surface area (Å²) in [5.74, 6) is -2.30. The molecule has 0 bridgehead atoms. The van der Waals surface area contributed by atoms with Crippen molar-refractivity contribution in [2.24, 2.45) is 0 Å². The van der Waals surface area contributed by atoms with Crippen molar-refractivity contribution in [2.75, 3.05) is 0 Å². The molecule has 1 rings (SSSR count). The Kier molecular flexibility index (Phi) is 4.47. The lowest BCUT2D eigenvalue weighted by molar-refractivity contribution is -0.209. The summed E-state index contributed by atoms with van der Waals surface area (Å²) in [6.45, 7) is 2.14. The predicted octanol–water partition coefficient (Wildman–Crippen LogP) is 1.61. The lowest BCUT2D eigenvalue weighted by atomic mass is 10.1. The van der Waals surface area contributed by atoms with E-state index in [-0.39, 0.29) is 6.54 Å². The summed E-state index contributed by atoms with van der Waals surface area (Å²) in [6.07, 6.45) is -5.00. The first-order chi connectivity index (χ1) is 7.89. The molecule has 0 aliphatic carbocycles. The van der Waals surface area contributed by atoms with Crippen LogP contribution in [-0.2, 0) is 16.2 Å². The van der Waals surface area contributed by atoms with E-state index in [0.717, 1.165) is 11.1 Å². The van der Waals surface area contributed by atoms with E-state index in [2.05, 4.69) is 10.3 Å². The first kappa shape index (κ1) is 13.5. The Balaban J connectivity index is 2.25. The minimum absolute atomic E-state index is 0.228. The summed E-state index contributed by atoms with van der Waals surface area (Å²) in [5.41, 5.74) is 5.98. The number of halogens is 3. The maximum absolute atomic E-state index is 11.7. The fourth-order valence-electron chi connectivity index (χ4n) is 0.984. The third-order valence-corrected chi connectivity index (χ3v) is 1.86. The van der Waals surface area contributed by atoms with Gasteiger partial charge in [0.05, 0.1) is 0 Å². The number of hydrazine groups is 1.